The Morgan fingerprint density at radius 2 is 1.72 bits per heavy atom. The summed E-state index contributed by atoms with van der Waals surface area (Å²) in [5.74, 6) is 0.640. The molecule has 0 fully saturated rings. The molecule has 0 amide bonds. The monoisotopic (exact) mass is 327 g/mol. The Morgan fingerprint density at radius 1 is 0.920 bits per heavy atom. The van der Waals surface area contributed by atoms with E-state index in [0.29, 0.717) is 5.92 Å². The number of benzene rings is 2. The maximum atomic E-state index is 4.66. The summed E-state index contributed by atoms with van der Waals surface area (Å²) in [6, 6.07) is 21.5. The molecular formula is C24H25N. The molecule has 0 aliphatic carbocycles. The van der Waals surface area contributed by atoms with Gasteiger partial charge in [-0.25, -0.2) is 0 Å². The molecule has 3 aromatic rings. The second-order valence-corrected chi connectivity index (χ2v) is 6.82. The van der Waals surface area contributed by atoms with E-state index in [1.807, 2.05) is 6.20 Å². The first kappa shape index (κ1) is 17.2. The average Bonchev–Trinajstić information content (AvgIpc) is 2.63. The first-order chi connectivity index (χ1) is 12.2. The van der Waals surface area contributed by atoms with Crippen LogP contribution in [0.3, 0.4) is 0 Å². The van der Waals surface area contributed by atoms with Gasteiger partial charge in [0.1, 0.15) is 0 Å². The predicted molar refractivity (Wildman–Crippen MR) is 108 cm³/mol. The highest BCUT2D eigenvalue weighted by Crippen LogP contribution is 2.30. The van der Waals surface area contributed by atoms with Gasteiger partial charge in [-0.15, -0.1) is 0 Å². The fraction of sp³-hybridized carbons (Fsp3) is 0.208. The summed E-state index contributed by atoms with van der Waals surface area (Å²) >= 11 is 0. The predicted octanol–water partition coefficient (Wildman–Crippen LogP) is 6.65. The van der Waals surface area contributed by atoms with E-state index in [9.17, 15) is 0 Å². The molecule has 1 nitrogen and oxygen atoms in total. The summed E-state index contributed by atoms with van der Waals surface area (Å²) in [4.78, 5) is 4.66. The lowest BCUT2D eigenvalue weighted by Crippen LogP contribution is -1.96. The first-order valence-electron chi connectivity index (χ1n) is 8.95. The van der Waals surface area contributed by atoms with Crippen molar-refractivity contribution in [3.63, 3.8) is 0 Å². The van der Waals surface area contributed by atoms with E-state index in [2.05, 4.69) is 98.6 Å². The summed E-state index contributed by atoms with van der Waals surface area (Å²) in [6.07, 6.45) is 7.24. The Morgan fingerprint density at radius 3 is 2.44 bits per heavy atom. The van der Waals surface area contributed by atoms with Gasteiger partial charge in [0.05, 0.1) is 5.69 Å². The van der Waals surface area contributed by atoms with Crippen LogP contribution in [0, 0.1) is 5.92 Å². The van der Waals surface area contributed by atoms with Crippen LogP contribution in [0.15, 0.2) is 72.9 Å². The molecule has 1 heterocycles. The highest BCUT2D eigenvalue weighted by atomic mass is 14.7. The molecule has 0 radical (unpaired) electrons. The second-order valence-electron chi connectivity index (χ2n) is 6.82. The number of hydrogen-bond donors (Lipinski definition) is 0. The summed E-state index contributed by atoms with van der Waals surface area (Å²) in [5, 5.41) is 0. The minimum Gasteiger partial charge on any atom is -0.256 e. The van der Waals surface area contributed by atoms with Crippen LogP contribution in [0.2, 0.25) is 0 Å². The molecule has 0 spiro atoms. The average molecular weight is 327 g/mol. The summed E-state index contributed by atoms with van der Waals surface area (Å²) in [7, 11) is 0. The molecule has 1 heteroatoms. The smallest absolute Gasteiger partial charge is 0.0710 e. The molecule has 0 saturated heterocycles. The molecule has 0 atom stereocenters. The third-order valence-electron chi connectivity index (χ3n) is 4.25. The first-order valence-corrected chi connectivity index (χ1v) is 8.95. The van der Waals surface area contributed by atoms with Crippen LogP contribution >= 0.6 is 0 Å². The van der Waals surface area contributed by atoms with Gasteiger partial charge in [-0.3, -0.25) is 4.98 Å². The Bertz CT molecular complexity index is 860. The Kier molecular flexibility index (Phi) is 5.45. The summed E-state index contributed by atoms with van der Waals surface area (Å²) in [6.45, 7) is 6.56. The van der Waals surface area contributed by atoms with Gasteiger partial charge in [-0.1, -0.05) is 68.5 Å². The van der Waals surface area contributed by atoms with E-state index in [1.165, 1.54) is 27.8 Å². The van der Waals surface area contributed by atoms with Crippen molar-refractivity contribution in [3.8, 4) is 22.4 Å². The SMILES string of the molecule is C/C=C\c1ccc(-c2ccccc2)cc1-c1cc(CC(C)C)ccn1. The number of allylic oxidation sites excluding steroid dienone is 1. The minimum absolute atomic E-state index is 0.640. The van der Waals surface area contributed by atoms with Crippen molar-refractivity contribution in [2.75, 3.05) is 0 Å². The van der Waals surface area contributed by atoms with Crippen molar-refractivity contribution >= 4 is 6.08 Å². The third kappa shape index (κ3) is 4.24. The Hall–Kier alpha value is -2.67. The Balaban J connectivity index is 2.09. The van der Waals surface area contributed by atoms with Crippen LogP contribution in [0.1, 0.15) is 31.9 Å². The highest BCUT2D eigenvalue weighted by Gasteiger charge is 2.09. The fourth-order valence-corrected chi connectivity index (χ4v) is 3.13. The molecule has 0 saturated carbocycles. The maximum Gasteiger partial charge on any atom is 0.0710 e. The normalized spacial score (nSPS) is 11.4. The van der Waals surface area contributed by atoms with E-state index in [0.717, 1.165) is 12.1 Å². The van der Waals surface area contributed by atoms with E-state index < -0.39 is 0 Å². The molecule has 25 heavy (non-hydrogen) atoms. The largest absolute Gasteiger partial charge is 0.256 e. The van der Waals surface area contributed by atoms with E-state index in [-0.39, 0.29) is 0 Å². The molecule has 0 aliphatic heterocycles. The van der Waals surface area contributed by atoms with Crippen molar-refractivity contribution in [1.82, 2.24) is 4.98 Å². The van der Waals surface area contributed by atoms with Gasteiger partial charge < -0.3 is 0 Å². The number of nitrogens with zero attached hydrogens (tertiary/aromatic N) is 1. The van der Waals surface area contributed by atoms with E-state index in [1.54, 1.807) is 0 Å². The van der Waals surface area contributed by atoms with Crippen molar-refractivity contribution in [2.24, 2.45) is 5.92 Å². The fourth-order valence-electron chi connectivity index (χ4n) is 3.13. The molecular weight excluding hydrogens is 302 g/mol. The topological polar surface area (TPSA) is 12.9 Å². The molecule has 0 unspecified atom stereocenters. The molecule has 3 rings (SSSR count). The summed E-state index contributed by atoms with van der Waals surface area (Å²) < 4.78 is 0. The van der Waals surface area contributed by atoms with Crippen molar-refractivity contribution in [1.29, 1.82) is 0 Å². The van der Waals surface area contributed by atoms with Gasteiger partial charge >= 0.3 is 0 Å². The second kappa shape index (κ2) is 7.94. The van der Waals surface area contributed by atoms with E-state index >= 15 is 0 Å². The van der Waals surface area contributed by atoms with Crippen LogP contribution in [-0.2, 0) is 6.42 Å². The number of rotatable bonds is 5. The zero-order valence-electron chi connectivity index (χ0n) is 15.2. The van der Waals surface area contributed by atoms with Gasteiger partial charge in [0.2, 0.25) is 0 Å². The minimum atomic E-state index is 0.640. The number of pyridine rings is 1. The van der Waals surface area contributed by atoms with Crippen LogP contribution in [0.4, 0.5) is 0 Å². The molecule has 0 N–H and O–H groups in total. The van der Waals surface area contributed by atoms with Crippen molar-refractivity contribution < 1.29 is 0 Å². The lowest BCUT2D eigenvalue weighted by atomic mass is 9.95. The standard InChI is InChI=1S/C24H25N/c1-4-8-21-11-12-22(20-9-6-5-7-10-20)17-23(21)24-16-19(13-14-25-24)15-18(2)3/h4-14,16-18H,15H2,1-3H3/b8-4-. The van der Waals surface area contributed by atoms with Gasteiger partial charge in [0.15, 0.2) is 0 Å². The number of hydrogen-bond acceptors (Lipinski definition) is 1. The molecule has 2 aromatic carbocycles. The third-order valence-corrected chi connectivity index (χ3v) is 4.25. The molecule has 1 aromatic heterocycles. The maximum absolute atomic E-state index is 4.66. The summed E-state index contributed by atoms with van der Waals surface area (Å²) in [5.41, 5.74) is 7.23. The van der Waals surface area contributed by atoms with Gasteiger partial charge in [-0.2, -0.15) is 0 Å². The van der Waals surface area contributed by atoms with Gasteiger partial charge in [0, 0.05) is 11.8 Å². The lowest BCUT2D eigenvalue weighted by molar-refractivity contribution is 0.647. The molecule has 0 bridgehead atoms. The molecule has 0 aliphatic rings. The Labute approximate surface area is 151 Å². The van der Waals surface area contributed by atoms with Crippen molar-refractivity contribution in [2.45, 2.75) is 27.2 Å². The zero-order chi connectivity index (χ0) is 17.6. The lowest BCUT2D eigenvalue weighted by Gasteiger charge is -2.12. The number of aromatic nitrogens is 1. The van der Waals surface area contributed by atoms with Gasteiger partial charge in [-0.05, 0) is 59.7 Å². The van der Waals surface area contributed by atoms with Crippen molar-refractivity contribution in [3.05, 3.63) is 84.1 Å². The quantitative estimate of drug-likeness (QED) is 0.511. The van der Waals surface area contributed by atoms with E-state index in [4.69, 9.17) is 0 Å². The molecule has 126 valence electrons. The van der Waals surface area contributed by atoms with Crippen LogP contribution < -0.4 is 0 Å². The zero-order valence-corrected chi connectivity index (χ0v) is 15.2. The highest BCUT2D eigenvalue weighted by molar-refractivity contribution is 5.79. The van der Waals surface area contributed by atoms with Crippen LogP contribution in [-0.4, -0.2) is 4.98 Å². The van der Waals surface area contributed by atoms with Gasteiger partial charge in [0.25, 0.3) is 0 Å². The van der Waals surface area contributed by atoms with Crippen LogP contribution in [0.25, 0.3) is 28.5 Å². The van der Waals surface area contributed by atoms with Crippen LogP contribution in [0.5, 0.6) is 0 Å².